The van der Waals surface area contributed by atoms with Gasteiger partial charge in [0, 0.05) is 42.5 Å². The Morgan fingerprint density at radius 3 is 2.24 bits per heavy atom. The fraction of sp³-hybridized carbons (Fsp3) is 0.375. The summed E-state index contributed by atoms with van der Waals surface area (Å²) >= 11 is 0. The molecule has 0 aliphatic carbocycles. The molecule has 1 aliphatic heterocycles. The number of anilines is 1. The Morgan fingerprint density at radius 1 is 0.966 bits per heavy atom. The van der Waals surface area contributed by atoms with Crippen LogP contribution in [0.1, 0.15) is 50.8 Å². The summed E-state index contributed by atoms with van der Waals surface area (Å²) in [5.41, 5.74) is 3.93. The fourth-order valence-electron chi connectivity index (χ4n) is 3.19. The highest BCUT2D eigenvalue weighted by Gasteiger charge is 2.49. The maximum absolute atomic E-state index is 6.13. The summed E-state index contributed by atoms with van der Waals surface area (Å²) in [4.78, 5) is 9.88. The van der Waals surface area contributed by atoms with Gasteiger partial charge in [-0.05, 0) is 70.0 Å². The van der Waals surface area contributed by atoms with E-state index in [4.69, 9.17) is 9.47 Å². The summed E-state index contributed by atoms with van der Waals surface area (Å²) in [6.45, 7) is 8.20. The topological polar surface area (TPSA) is 50.4 Å². The summed E-state index contributed by atoms with van der Waals surface area (Å²) in [6.07, 6.45) is 1.38. The second kappa shape index (κ2) is 6.91. The minimum atomic E-state index is -0.420. The van der Waals surface area contributed by atoms with Crippen molar-refractivity contribution in [2.45, 2.75) is 45.2 Å². The van der Waals surface area contributed by atoms with Crippen LogP contribution in [-0.2, 0) is 9.47 Å². The zero-order valence-electron chi connectivity index (χ0n) is 17.8. The highest BCUT2D eigenvalue weighted by atomic mass is 16.7. The fourth-order valence-corrected chi connectivity index (χ4v) is 3.19. The van der Waals surface area contributed by atoms with Gasteiger partial charge in [-0.15, -0.1) is 0 Å². The first kappa shape index (κ1) is 19.5. The molecule has 0 bridgehead atoms. The Hall–Kier alpha value is -2.81. The van der Waals surface area contributed by atoms with Crippen LogP contribution in [0.3, 0.4) is 0 Å². The zero-order chi connectivity index (χ0) is 20.8. The smallest absolute Gasteiger partial charge is 0.186 e. The van der Waals surface area contributed by atoms with Crippen molar-refractivity contribution in [2.75, 3.05) is 19.0 Å². The molecule has 3 heterocycles. The quantitative estimate of drug-likeness (QED) is 0.649. The number of hydrogen-bond acceptors (Lipinski definition) is 4. The summed E-state index contributed by atoms with van der Waals surface area (Å²) in [5, 5.41) is 0.990. The minimum absolute atomic E-state index is 0.371. The van der Waals surface area contributed by atoms with Gasteiger partial charge in [0.1, 0.15) is 5.65 Å². The molecule has 3 aromatic rings. The molecule has 150 valence electrons. The normalized spacial score (nSPS) is 17.9. The third kappa shape index (κ3) is 3.74. The lowest BCUT2D eigenvalue weighted by molar-refractivity contribution is -0.0896. The maximum atomic E-state index is 6.13. The molecule has 0 atom stereocenters. The number of ether oxygens (including phenoxy) is 2. The van der Waals surface area contributed by atoms with Gasteiger partial charge in [0.2, 0.25) is 0 Å². The lowest BCUT2D eigenvalue weighted by Gasteiger charge is -2.30. The van der Waals surface area contributed by atoms with Crippen LogP contribution in [0.15, 0.2) is 42.6 Å². The third-order valence-electron chi connectivity index (χ3n) is 5.74. The van der Waals surface area contributed by atoms with Crippen molar-refractivity contribution in [1.29, 1.82) is 0 Å². The molecule has 1 aliphatic rings. The van der Waals surface area contributed by atoms with Gasteiger partial charge in [-0.2, -0.15) is 0 Å². The number of aromatic nitrogens is 2. The number of nitrogens with one attached hydrogen (secondary N) is 1. The van der Waals surface area contributed by atoms with E-state index in [-0.39, 0.29) is 11.2 Å². The molecule has 29 heavy (non-hydrogen) atoms. The molecule has 5 nitrogen and oxygen atoms in total. The minimum Gasteiger partial charge on any atom is -0.378 e. The van der Waals surface area contributed by atoms with Gasteiger partial charge in [-0.1, -0.05) is 5.92 Å². The van der Waals surface area contributed by atoms with Crippen LogP contribution in [0, 0.1) is 11.8 Å². The third-order valence-corrected chi connectivity index (χ3v) is 5.74. The molecule has 1 saturated heterocycles. The van der Waals surface area contributed by atoms with Crippen LogP contribution in [0.25, 0.3) is 11.0 Å². The molecule has 1 aromatic carbocycles. The van der Waals surface area contributed by atoms with Crippen LogP contribution < -0.4 is 4.90 Å². The number of H-pyrrole nitrogens is 1. The standard InChI is InChI=1S/C24H27N3O2/c1-23(2)24(3,4)29-22(28-23)18-13-17-14-19(26-21(17)25-15-18)10-7-16-8-11-20(12-9-16)27(5)6/h8-9,11-15,22H,1-6H3,(H,25,26). The zero-order valence-corrected chi connectivity index (χ0v) is 17.8. The summed E-state index contributed by atoms with van der Waals surface area (Å²) in [5.74, 6) is 6.39. The molecule has 1 N–H and O–H groups in total. The predicted molar refractivity (Wildman–Crippen MR) is 116 cm³/mol. The Kier molecular flexibility index (Phi) is 4.65. The van der Waals surface area contributed by atoms with E-state index in [0.717, 1.165) is 33.5 Å². The Morgan fingerprint density at radius 2 is 1.62 bits per heavy atom. The summed E-state index contributed by atoms with van der Waals surface area (Å²) in [7, 11) is 4.05. The van der Waals surface area contributed by atoms with E-state index in [1.165, 1.54) is 0 Å². The number of nitrogens with zero attached hydrogens (tertiary/aromatic N) is 2. The monoisotopic (exact) mass is 389 g/mol. The number of pyridine rings is 1. The number of rotatable bonds is 2. The first-order chi connectivity index (χ1) is 13.6. The van der Waals surface area contributed by atoms with E-state index in [2.05, 4.69) is 44.9 Å². The molecule has 0 amide bonds. The largest absolute Gasteiger partial charge is 0.378 e. The van der Waals surface area contributed by atoms with Crippen molar-refractivity contribution in [3.8, 4) is 11.8 Å². The average Bonchev–Trinajstić information content (AvgIpc) is 3.16. The molecule has 0 unspecified atom stereocenters. The van der Waals surface area contributed by atoms with Crippen molar-refractivity contribution in [3.05, 3.63) is 59.4 Å². The molecule has 4 rings (SSSR count). The molecule has 0 radical (unpaired) electrons. The second-order valence-corrected chi connectivity index (χ2v) is 8.67. The molecule has 1 fully saturated rings. The van der Waals surface area contributed by atoms with Crippen LogP contribution in [0.4, 0.5) is 5.69 Å². The van der Waals surface area contributed by atoms with E-state index in [1.54, 1.807) is 6.20 Å². The lowest BCUT2D eigenvalue weighted by Crippen LogP contribution is -2.41. The highest BCUT2D eigenvalue weighted by Crippen LogP contribution is 2.44. The summed E-state index contributed by atoms with van der Waals surface area (Å²) in [6, 6.07) is 12.2. The first-order valence-corrected chi connectivity index (χ1v) is 9.78. The van der Waals surface area contributed by atoms with Crippen molar-refractivity contribution in [2.24, 2.45) is 0 Å². The molecule has 0 spiro atoms. The van der Waals surface area contributed by atoms with Gasteiger partial charge in [0.25, 0.3) is 0 Å². The first-order valence-electron chi connectivity index (χ1n) is 9.78. The average molecular weight is 389 g/mol. The highest BCUT2D eigenvalue weighted by molar-refractivity contribution is 5.78. The van der Waals surface area contributed by atoms with Crippen molar-refractivity contribution >= 4 is 16.7 Å². The number of hydrogen-bond donors (Lipinski definition) is 1. The second-order valence-electron chi connectivity index (χ2n) is 8.67. The molecular weight excluding hydrogens is 362 g/mol. The van der Waals surface area contributed by atoms with Crippen LogP contribution >= 0.6 is 0 Å². The number of fused-ring (bicyclic) bond motifs is 1. The van der Waals surface area contributed by atoms with E-state index in [0.29, 0.717) is 0 Å². The van der Waals surface area contributed by atoms with Gasteiger partial charge < -0.3 is 19.4 Å². The van der Waals surface area contributed by atoms with Crippen LogP contribution in [0.2, 0.25) is 0 Å². The molecule has 2 aromatic heterocycles. The Labute approximate surface area is 172 Å². The van der Waals surface area contributed by atoms with Gasteiger partial charge in [-0.3, -0.25) is 0 Å². The van der Waals surface area contributed by atoms with E-state index >= 15 is 0 Å². The Bertz CT molecular complexity index is 1080. The van der Waals surface area contributed by atoms with Crippen molar-refractivity contribution < 1.29 is 9.47 Å². The number of benzene rings is 1. The van der Waals surface area contributed by atoms with Crippen molar-refractivity contribution in [3.63, 3.8) is 0 Å². The van der Waals surface area contributed by atoms with E-state index < -0.39 is 6.29 Å². The predicted octanol–water partition coefficient (Wildman–Crippen LogP) is 4.63. The van der Waals surface area contributed by atoms with Gasteiger partial charge in [0.15, 0.2) is 6.29 Å². The molecule has 0 saturated carbocycles. The Balaban J connectivity index is 1.57. The SMILES string of the molecule is CN(C)c1ccc(C#Cc2cc3cc(C4OC(C)(C)C(C)(C)O4)cnc3[nH]2)cc1. The molecule has 5 heteroatoms. The van der Waals surface area contributed by atoms with Crippen LogP contribution in [0.5, 0.6) is 0 Å². The molecular formula is C24H27N3O2. The number of aromatic amines is 1. The summed E-state index contributed by atoms with van der Waals surface area (Å²) < 4.78 is 12.3. The van der Waals surface area contributed by atoms with E-state index in [1.807, 2.05) is 60.0 Å². The van der Waals surface area contributed by atoms with Gasteiger partial charge in [0.05, 0.1) is 16.9 Å². The maximum Gasteiger partial charge on any atom is 0.186 e. The lowest BCUT2D eigenvalue weighted by atomic mass is 9.90. The van der Waals surface area contributed by atoms with Crippen LogP contribution in [-0.4, -0.2) is 35.3 Å². The van der Waals surface area contributed by atoms with Crippen molar-refractivity contribution in [1.82, 2.24) is 9.97 Å². The van der Waals surface area contributed by atoms with E-state index in [9.17, 15) is 0 Å². The van der Waals surface area contributed by atoms with Gasteiger partial charge in [-0.25, -0.2) is 4.98 Å². The van der Waals surface area contributed by atoms with Gasteiger partial charge >= 0.3 is 0 Å².